The van der Waals surface area contributed by atoms with E-state index in [2.05, 4.69) is 69.3 Å². The molecule has 0 bridgehead atoms. The maximum Gasteiger partial charge on any atom is 0.266 e. The second-order valence-electron chi connectivity index (χ2n) is 9.71. The van der Waals surface area contributed by atoms with Gasteiger partial charge in [-0.2, -0.15) is 5.26 Å². The van der Waals surface area contributed by atoms with Crippen molar-refractivity contribution in [3.63, 3.8) is 0 Å². The van der Waals surface area contributed by atoms with Crippen molar-refractivity contribution in [1.82, 2.24) is 14.7 Å². The van der Waals surface area contributed by atoms with E-state index < -0.39 is 0 Å². The van der Waals surface area contributed by atoms with Crippen LogP contribution >= 0.6 is 0 Å². The maximum absolute atomic E-state index is 13.2. The number of halogens is 1. The van der Waals surface area contributed by atoms with Crippen LogP contribution in [0.1, 0.15) is 17.2 Å². The summed E-state index contributed by atoms with van der Waals surface area (Å²) in [5.74, 6) is -0.483. The van der Waals surface area contributed by atoms with Gasteiger partial charge in [0.2, 0.25) is 0 Å². The van der Waals surface area contributed by atoms with Crippen LogP contribution in [0.3, 0.4) is 0 Å². The molecule has 0 aromatic heterocycles. The molecular formula is C31H32FN5O. The molecule has 3 aromatic rings. The Morgan fingerprint density at radius 3 is 1.84 bits per heavy atom. The highest BCUT2D eigenvalue weighted by atomic mass is 19.1. The van der Waals surface area contributed by atoms with Gasteiger partial charge in [-0.15, -0.1) is 0 Å². The monoisotopic (exact) mass is 509 g/mol. The Morgan fingerprint density at radius 1 is 0.763 bits per heavy atom. The smallest absolute Gasteiger partial charge is 0.266 e. The molecule has 0 saturated carbocycles. The quantitative estimate of drug-likeness (QED) is 0.367. The minimum atomic E-state index is -0.261. The van der Waals surface area contributed by atoms with E-state index in [4.69, 9.17) is 0 Å². The van der Waals surface area contributed by atoms with Crippen molar-refractivity contribution in [1.29, 1.82) is 5.26 Å². The number of amides is 1. The van der Waals surface area contributed by atoms with Gasteiger partial charge in [-0.3, -0.25) is 9.69 Å². The van der Waals surface area contributed by atoms with Crippen molar-refractivity contribution >= 4 is 11.6 Å². The number of hydrogen-bond acceptors (Lipinski definition) is 5. The summed E-state index contributed by atoms with van der Waals surface area (Å²) >= 11 is 0. The zero-order valence-electron chi connectivity index (χ0n) is 21.4. The molecule has 2 aliphatic heterocycles. The van der Waals surface area contributed by atoms with Crippen LogP contribution in [0.25, 0.3) is 0 Å². The Labute approximate surface area is 223 Å². The highest BCUT2D eigenvalue weighted by Gasteiger charge is 2.28. The maximum atomic E-state index is 13.2. The minimum Gasteiger partial charge on any atom is -0.374 e. The van der Waals surface area contributed by atoms with Crippen molar-refractivity contribution < 1.29 is 9.18 Å². The number of carbonyl (C=O) groups is 1. The van der Waals surface area contributed by atoms with Crippen LogP contribution in [0.2, 0.25) is 0 Å². The first-order valence-corrected chi connectivity index (χ1v) is 13.1. The summed E-state index contributed by atoms with van der Waals surface area (Å²) in [6.07, 6.45) is 1.74. The molecule has 0 radical (unpaired) electrons. The van der Waals surface area contributed by atoms with Crippen molar-refractivity contribution in [2.24, 2.45) is 0 Å². The number of anilines is 1. The van der Waals surface area contributed by atoms with Crippen molar-refractivity contribution in [3.05, 3.63) is 114 Å². The Kier molecular flexibility index (Phi) is 8.01. The molecule has 2 aliphatic rings. The SMILES string of the molecule is N#C/C(=C/N1CCN(C(c2ccccc2)c2ccccc2)CC1)C(=O)N1CCN(c2ccc(F)cc2)CC1. The normalized spacial score (nSPS) is 17.0. The largest absolute Gasteiger partial charge is 0.374 e. The number of piperazine rings is 2. The van der Waals surface area contributed by atoms with Crippen LogP contribution in [-0.4, -0.2) is 73.0 Å². The summed E-state index contributed by atoms with van der Waals surface area (Å²) in [6.45, 7) is 5.49. The van der Waals surface area contributed by atoms with Crippen LogP contribution in [0.5, 0.6) is 0 Å². The fourth-order valence-electron chi connectivity index (χ4n) is 5.31. The Balaban J connectivity index is 1.20. The van der Waals surface area contributed by atoms with Gasteiger partial charge in [0.25, 0.3) is 5.91 Å². The number of nitriles is 1. The first-order valence-electron chi connectivity index (χ1n) is 13.1. The standard InChI is InChI=1S/C31H32FN5O/c32-28-11-13-29(14-12-28)35-19-21-37(22-20-35)31(38)27(23-33)24-34-15-17-36(18-16-34)30(25-7-3-1-4-8-25)26-9-5-2-6-10-26/h1-14,24,30H,15-22H2/b27-24-. The van der Waals surface area contributed by atoms with Gasteiger partial charge in [-0.1, -0.05) is 60.7 Å². The van der Waals surface area contributed by atoms with E-state index in [1.54, 1.807) is 23.2 Å². The molecule has 5 rings (SSSR count). The summed E-state index contributed by atoms with van der Waals surface area (Å²) in [7, 11) is 0. The topological polar surface area (TPSA) is 53.8 Å². The van der Waals surface area contributed by atoms with Gasteiger partial charge in [0.15, 0.2) is 0 Å². The van der Waals surface area contributed by atoms with Crippen LogP contribution < -0.4 is 4.90 Å². The van der Waals surface area contributed by atoms with Crippen LogP contribution in [0.4, 0.5) is 10.1 Å². The summed E-state index contributed by atoms with van der Waals surface area (Å²) in [5.41, 5.74) is 3.64. The zero-order valence-corrected chi connectivity index (χ0v) is 21.4. The molecule has 194 valence electrons. The summed E-state index contributed by atoms with van der Waals surface area (Å²) in [5, 5.41) is 9.80. The van der Waals surface area contributed by atoms with E-state index in [9.17, 15) is 14.4 Å². The molecule has 0 unspecified atom stereocenters. The molecule has 6 nitrogen and oxygen atoms in total. The Bertz CT molecular complexity index is 1230. The number of benzene rings is 3. The molecule has 2 fully saturated rings. The van der Waals surface area contributed by atoms with Crippen LogP contribution in [0, 0.1) is 17.1 Å². The van der Waals surface area contributed by atoms with Gasteiger partial charge >= 0.3 is 0 Å². The van der Waals surface area contributed by atoms with Gasteiger partial charge < -0.3 is 14.7 Å². The van der Waals surface area contributed by atoms with Gasteiger partial charge in [0.1, 0.15) is 17.5 Å². The lowest BCUT2D eigenvalue weighted by molar-refractivity contribution is -0.127. The van der Waals surface area contributed by atoms with Gasteiger partial charge in [-0.25, -0.2) is 4.39 Å². The van der Waals surface area contributed by atoms with E-state index in [1.165, 1.54) is 23.3 Å². The third kappa shape index (κ3) is 5.87. The fourth-order valence-corrected chi connectivity index (χ4v) is 5.31. The highest BCUT2D eigenvalue weighted by molar-refractivity contribution is 5.97. The van der Waals surface area contributed by atoms with E-state index >= 15 is 0 Å². The van der Waals surface area contributed by atoms with E-state index in [1.807, 2.05) is 12.1 Å². The predicted molar refractivity (Wildman–Crippen MR) is 147 cm³/mol. The van der Waals surface area contributed by atoms with E-state index in [0.29, 0.717) is 26.2 Å². The molecule has 2 heterocycles. The van der Waals surface area contributed by atoms with Crippen molar-refractivity contribution in [2.75, 3.05) is 57.3 Å². The Hall–Kier alpha value is -4.15. The average Bonchev–Trinajstić information content (AvgIpc) is 2.98. The molecule has 1 amide bonds. The first kappa shape index (κ1) is 25.5. The lowest BCUT2D eigenvalue weighted by atomic mass is 9.96. The molecule has 0 atom stereocenters. The van der Waals surface area contributed by atoms with Crippen molar-refractivity contribution in [2.45, 2.75) is 6.04 Å². The lowest BCUT2D eigenvalue weighted by Gasteiger charge is -2.40. The third-order valence-corrected chi connectivity index (χ3v) is 7.37. The molecule has 0 spiro atoms. The van der Waals surface area contributed by atoms with E-state index in [-0.39, 0.29) is 23.3 Å². The molecule has 38 heavy (non-hydrogen) atoms. The summed E-state index contributed by atoms with van der Waals surface area (Å²) in [4.78, 5) is 21.6. The lowest BCUT2D eigenvalue weighted by Crippen LogP contribution is -2.49. The number of hydrogen-bond donors (Lipinski definition) is 0. The molecule has 7 heteroatoms. The molecule has 0 N–H and O–H groups in total. The van der Waals surface area contributed by atoms with Gasteiger partial charge in [0, 0.05) is 64.2 Å². The fraction of sp³-hybridized carbons (Fsp3) is 0.290. The molecule has 0 aliphatic carbocycles. The first-order chi connectivity index (χ1) is 18.6. The molecular weight excluding hydrogens is 477 g/mol. The van der Waals surface area contributed by atoms with E-state index in [0.717, 1.165) is 31.9 Å². The minimum absolute atomic E-state index is 0.165. The zero-order chi connectivity index (χ0) is 26.3. The second kappa shape index (κ2) is 11.9. The Morgan fingerprint density at radius 2 is 1.32 bits per heavy atom. The van der Waals surface area contributed by atoms with Gasteiger partial charge in [-0.05, 0) is 35.4 Å². The summed E-state index contributed by atoms with van der Waals surface area (Å²) in [6, 6.07) is 29.8. The molecule has 2 saturated heterocycles. The summed E-state index contributed by atoms with van der Waals surface area (Å²) < 4.78 is 13.2. The highest BCUT2D eigenvalue weighted by Crippen LogP contribution is 2.29. The molecule has 3 aromatic carbocycles. The number of carbonyl (C=O) groups excluding carboxylic acids is 1. The van der Waals surface area contributed by atoms with Crippen molar-refractivity contribution in [3.8, 4) is 6.07 Å². The predicted octanol–water partition coefficient (Wildman–Crippen LogP) is 4.29. The third-order valence-electron chi connectivity index (χ3n) is 7.37. The number of nitrogens with zero attached hydrogens (tertiary/aromatic N) is 5. The van der Waals surface area contributed by atoms with Crippen LogP contribution in [0.15, 0.2) is 96.7 Å². The second-order valence-corrected chi connectivity index (χ2v) is 9.71. The average molecular weight is 510 g/mol. The van der Waals surface area contributed by atoms with Gasteiger partial charge in [0.05, 0.1) is 6.04 Å². The number of rotatable bonds is 6. The van der Waals surface area contributed by atoms with Crippen LogP contribution in [-0.2, 0) is 4.79 Å².